The number of aromatic nitrogens is 3. The minimum Gasteiger partial charge on any atom is -0.490 e. The number of primary amides is 1. The lowest BCUT2D eigenvalue weighted by Gasteiger charge is -2.46. The lowest BCUT2D eigenvalue weighted by molar-refractivity contribution is -0.102. The molecule has 222 valence electrons. The number of nitrogens with zero attached hydrogens (tertiary/aromatic N) is 4. The van der Waals surface area contributed by atoms with E-state index in [1.807, 2.05) is 29.1 Å². The van der Waals surface area contributed by atoms with E-state index in [2.05, 4.69) is 35.2 Å². The van der Waals surface area contributed by atoms with Gasteiger partial charge in [0.25, 0.3) is 0 Å². The molecule has 2 bridgehead atoms. The smallest absolute Gasteiger partial charge is 0.248 e. The maximum atomic E-state index is 12.1. The molecule has 2 aromatic heterocycles. The predicted octanol–water partition coefficient (Wildman–Crippen LogP) is 5.68. The molecule has 1 saturated carbocycles. The van der Waals surface area contributed by atoms with Gasteiger partial charge in [0.2, 0.25) is 5.91 Å². The van der Waals surface area contributed by atoms with Crippen LogP contribution in [0, 0.1) is 0 Å². The predicted molar refractivity (Wildman–Crippen MR) is 165 cm³/mol. The molecule has 1 aliphatic carbocycles. The average molecular weight is 578 g/mol. The van der Waals surface area contributed by atoms with Crippen LogP contribution in [0.3, 0.4) is 0 Å². The number of carbonyl (C=O) groups is 1. The van der Waals surface area contributed by atoms with Gasteiger partial charge >= 0.3 is 0 Å². The summed E-state index contributed by atoms with van der Waals surface area (Å²) in [5, 5.41) is 6.01. The van der Waals surface area contributed by atoms with Crippen LogP contribution in [0.2, 0.25) is 0 Å². The third-order valence-corrected chi connectivity index (χ3v) is 10.3. The van der Waals surface area contributed by atoms with Gasteiger partial charge in [0, 0.05) is 34.8 Å². The van der Waals surface area contributed by atoms with Crippen LogP contribution in [0.4, 0.5) is 0 Å². The molecular formula is C35H39N5O3. The molecule has 4 aromatic rings. The molecule has 3 saturated heterocycles. The molecule has 8 heteroatoms. The average Bonchev–Trinajstić information content (AvgIpc) is 3.71. The quantitative estimate of drug-likeness (QED) is 0.290. The highest BCUT2D eigenvalue weighted by atomic mass is 16.5. The van der Waals surface area contributed by atoms with Crippen LogP contribution < -0.4 is 10.5 Å². The van der Waals surface area contributed by atoms with Crippen molar-refractivity contribution in [2.24, 2.45) is 5.73 Å². The van der Waals surface area contributed by atoms with Crippen molar-refractivity contribution in [2.75, 3.05) is 13.2 Å². The van der Waals surface area contributed by atoms with E-state index in [-0.39, 0.29) is 6.10 Å². The minimum atomic E-state index is -0.442. The van der Waals surface area contributed by atoms with Gasteiger partial charge in [-0.1, -0.05) is 18.9 Å². The SMILES string of the molecule is NC(=O)c1ccc2c(c1)c(-c1ccc(OC3CC4CCC(C3)N4C3COC3)cc1)nn2Cc1ncccc1C1CCCC1. The first-order chi connectivity index (χ1) is 21.1. The van der Waals surface area contributed by atoms with Crippen LogP contribution in [0.25, 0.3) is 22.2 Å². The van der Waals surface area contributed by atoms with E-state index in [0.29, 0.717) is 36.2 Å². The fraction of sp³-hybridized carbons (Fsp3) is 0.457. The monoisotopic (exact) mass is 577 g/mol. The summed E-state index contributed by atoms with van der Waals surface area (Å²) in [6.45, 7) is 2.35. The number of carbonyl (C=O) groups excluding carboxylic acids is 1. The lowest BCUT2D eigenvalue weighted by Crippen LogP contribution is -2.57. The Kier molecular flexibility index (Phi) is 6.91. The first-order valence-electron chi connectivity index (χ1n) is 16.0. The third-order valence-electron chi connectivity index (χ3n) is 10.3. The van der Waals surface area contributed by atoms with Crippen molar-refractivity contribution in [1.29, 1.82) is 0 Å². The fourth-order valence-electron chi connectivity index (χ4n) is 8.13. The van der Waals surface area contributed by atoms with Crippen LogP contribution in [-0.2, 0) is 11.3 Å². The molecule has 2 N–H and O–H groups in total. The number of benzene rings is 2. The van der Waals surface area contributed by atoms with Crippen LogP contribution >= 0.6 is 0 Å². The van der Waals surface area contributed by atoms with Crippen molar-refractivity contribution in [1.82, 2.24) is 19.7 Å². The normalized spacial score (nSPS) is 24.4. The Labute approximate surface area is 252 Å². The van der Waals surface area contributed by atoms with Gasteiger partial charge in [-0.05, 0) is 98.5 Å². The zero-order chi connectivity index (χ0) is 28.9. The molecule has 0 spiro atoms. The van der Waals surface area contributed by atoms with Crippen LogP contribution in [0.15, 0.2) is 60.8 Å². The summed E-state index contributed by atoms with van der Waals surface area (Å²) >= 11 is 0. The van der Waals surface area contributed by atoms with Gasteiger partial charge in [-0.25, -0.2) is 0 Å². The highest BCUT2D eigenvalue weighted by molar-refractivity contribution is 6.01. The van der Waals surface area contributed by atoms with E-state index in [1.165, 1.54) is 44.1 Å². The number of hydrogen-bond acceptors (Lipinski definition) is 6. The van der Waals surface area contributed by atoms with Gasteiger partial charge in [-0.2, -0.15) is 5.10 Å². The van der Waals surface area contributed by atoms with Gasteiger partial charge in [0.15, 0.2) is 0 Å². The molecule has 2 unspecified atom stereocenters. The van der Waals surface area contributed by atoms with Crippen LogP contribution in [0.1, 0.15) is 78.9 Å². The Morgan fingerprint density at radius 3 is 2.42 bits per heavy atom. The molecule has 1 amide bonds. The zero-order valence-electron chi connectivity index (χ0n) is 24.5. The van der Waals surface area contributed by atoms with Crippen molar-refractivity contribution in [2.45, 2.75) is 88.1 Å². The van der Waals surface area contributed by atoms with E-state index in [9.17, 15) is 4.79 Å². The van der Waals surface area contributed by atoms with Gasteiger partial charge in [0.05, 0.1) is 37.0 Å². The fourth-order valence-corrected chi connectivity index (χ4v) is 8.13. The molecule has 2 atom stereocenters. The molecule has 5 heterocycles. The van der Waals surface area contributed by atoms with Crippen LogP contribution in [0.5, 0.6) is 5.75 Å². The third kappa shape index (κ3) is 5.00. The lowest BCUT2D eigenvalue weighted by atomic mass is 9.96. The number of hydrogen-bond donors (Lipinski definition) is 1. The summed E-state index contributed by atoms with van der Waals surface area (Å²) in [7, 11) is 0. The largest absolute Gasteiger partial charge is 0.490 e. The molecule has 4 fully saturated rings. The summed E-state index contributed by atoms with van der Waals surface area (Å²) < 4.78 is 14.0. The summed E-state index contributed by atoms with van der Waals surface area (Å²) in [5.41, 5.74) is 11.3. The number of ether oxygens (including phenoxy) is 2. The van der Waals surface area contributed by atoms with E-state index in [4.69, 9.17) is 25.3 Å². The summed E-state index contributed by atoms with van der Waals surface area (Å²) in [6.07, 6.45) is 11.8. The molecule has 2 aromatic carbocycles. The maximum absolute atomic E-state index is 12.1. The molecule has 8 rings (SSSR count). The van der Waals surface area contributed by atoms with Crippen molar-refractivity contribution in [3.8, 4) is 17.0 Å². The van der Waals surface area contributed by atoms with E-state index < -0.39 is 5.91 Å². The van der Waals surface area contributed by atoms with Gasteiger partial charge in [0.1, 0.15) is 17.5 Å². The van der Waals surface area contributed by atoms with Gasteiger partial charge in [-0.15, -0.1) is 0 Å². The number of rotatable bonds is 8. The Balaban J connectivity index is 1.06. The summed E-state index contributed by atoms with van der Waals surface area (Å²) in [5.74, 6) is 1.01. The van der Waals surface area contributed by atoms with Crippen molar-refractivity contribution in [3.63, 3.8) is 0 Å². The second kappa shape index (κ2) is 11.1. The topological polar surface area (TPSA) is 95.5 Å². The molecule has 3 aliphatic heterocycles. The number of pyridine rings is 1. The van der Waals surface area contributed by atoms with Crippen molar-refractivity contribution >= 4 is 16.8 Å². The molecule has 4 aliphatic rings. The van der Waals surface area contributed by atoms with E-state index in [0.717, 1.165) is 59.7 Å². The minimum absolute atomic E-state index is 0.242. The maximum Gasteiger partial charge on any atom is 0.248 e. The number of nitrogens with two attached hydrogens (primary N) is 1. The number of fused-ring (bicyclic) bond motifs is 3. The molecular weight excluding hydrogens is 538 g/mol. The molecule has 8 nitrogen and oxygen atoms in total. The van der Waals surface area contributed by atoms with Crippen molar-refractivity contribution < 1.29 is 14.3 Å². The first-order valence-corrected chi connectivity index (χ1v) is 16.0. The highest BCUT2D eigenvalue weighted by Crippen LogP contribution is 2.40. The molecule has 43 heavy (non-hydrogen) atoms. The van der Waals surface area contributed by atoms with E-state index >= 15 is 0 Å². The Bertz CT molecular complexity index is 1630. The Morgan fingerprint density at radius 2 is 1.72 bits per heavy atom. The Morgan fingerprint density at radius 1 is 0.953 bits per heavy atom. The highest BCUT2D eigenvalue weighted by Gasteiger charge is 2.46. The zero-order valence-corrected chi connectivity index (χ0v) is 24.5. The second-order valence-electron chi connectivity index (χ2n) is 12.9. The van der Waals surface area contributed by atoms with Gasteiger partial charge < -0.3 is 15.2 Å². The summed E-state index contributed by atoms with van der Waals surface area (Å²) in [6, 6.07) is 20.0. The standard InChI is InChI=1S/C35H39N5O3/c36-35(41)24-9-14-33-31(16-24)34(38-39(33)19-32-30(6-3-15-37-32)22-4-1-2-5-22)23-7-12-28(13-8-23)43-29-17-25-10-11-26(18-29)40(25)27-20-42-21-27/h3,6-9,12-16,22,25-27,29H,1-2,4-5,10-11,17-21H2,(H2,36,41). The van der Waals surface area contributed by atoms with Gasteiger partial charge in [-0.3, -0.25) is 19.4 Å². The van der Waals surface area contributed by atoms with E-state index in [1.54, 1.807) is 6.07 Å². The van der Waals surface area contributed by atoms with Crippen molar-refractivity contribution in [3.05, 3.63) is 77.6 Å². The summed E-state index contributed by atoms with van der Waals surface area (Å²) in [4.78, 5) is 19.6. The number of amides is 1. The molecule has 0 radical (unpaired) electrons. The number of piperidine rings is 1. The van der Waals surface area contributed by atoms with Crippen LogP contribution in [-0.4, -0.2) is 63.0 Å². The first kappa shape index (κ1) is 26.8. The second-order valence-corrected chi connectivity index (χ2v) is 12.9. The Hall–Kier alpha value is -3.75.